The van der Waals surface area contributed by atoms with Gasteiger partial charge in [0.15, 0.2) is 11.6 Å². The van der Waals surface area contributed by atoms with Gasteiger partial charge in [-0.05, 0) is 34.0 Å². The molecule has 0 aliphatic carbocycles. The van der Waals surface area contributed by atoms with Crippen molar-refractivity contribution in [1.29, 1.82) is 0 Å². The van der Waals surface area contributed by atoms with E-state index in [0.717, 1.165) is 28.1 Å². The Labute approximate surface area is 174 Å². The van der Waals surface area contributed by atoms with E-state index in [2.05, 4.69) is 85.5 Å². The topological polar surface area (TPSA) is 85.2 Å². The number of hydrogen-bond donors (Lipinski definition) is 2. The van der Waals surface area contributed by atoms with Crippen LogP contribution >= 0.6 is 12.6 Å². The molecule has 2 heterocycles. The zero-order valence-corrected chi connectivity index (χ0v) is 16.8. The van der Waals surface area contributed by atoms with Crippen molar-refractivity contribution in [3.05, 3.63) is 65.7 Å². The third-order valence-electron chi connectivity index (χ3n) is 4.48. The fraction of sp³-hybridized carbons (Fsp3) is 0.190. The van der Waals surface area contributed by atoms with E-state index in [-0.39, 0.29) is 0 Å². The zero-order chi connectivity index (χ0) is 20.1. The van der Waals surface area contributed by atoms with E-state index < -0.39 is 0 Å². The van der Waals surface area contributed by atoms with Gasteiger partial charge < -0.3 is 0 Å². The first-order valence-electron chi connectivity index (χ1n) is 9.14. The van der Waals surface area contributed by atoms with Gasteiger partial charge in [-0.2, -0.15) is 17.7 Å². The summed E-state index contributed by atoms with van der Waals surface area (Å²) in [5.41, 5.74) is 4.25. The van der Waals surface area contributed by atoms with E-state index in [1.807, 2.05) is 29.8 Å². The van der Waals surface area contributed by atoms with E-state index in [4.69, 9.17) is 0 Å². The summed E-state index contributed by atoms with van der Waals surface area (Å²) in [4.78, 5) is 4.52. The van der Waals surface area contributed by atoms with Crippen molar-refractivity contribution < 1.29 is 0 Å². The molecule has 7 nitrogen and oxygen atoms in total. The van der Waals surface area contributed by atoms with E-state index in [1.54, 1.807) is 0 Å². The molecule has 8 heteroatoms. The lowest BCUT2D eigenvalue weighted by Crippen LogP contribution is -2.06. The highest BCUT2D eigenvalue weighted by atomic mass is 32.1. The Hall–Kier alpha value is -3.44. The largest absolute Gasteiger partial charge is 0.244 e. The summed E-state index contributed by atoms with van der Waals surface area (Å²) < 4.78 is 1.90. The summed E-state index contributed by atoms with van der Waals surface area (Å²) in [6.07, 6.45) is 0.577. The molecule has 0 spiro atoms. The minimum Gasteiger partial charge on any atom is -0.244 e. The Morgan fingerprint density at radius 1 is 1.07 bits per heavy atom. The second-order valence-corrected chi connectivity index (χ2v) is 6.67. The van der Waals surface area contributed by atoms with Crippen molar-refractivity contribution in [3.63, 3.8) is 0 Å². The quantitative estimate of drug-likeness (QED) is 0.383. The summed E-state index contributed by atoms with van der Waals surface area (Å²) in [6, 6.07) is 16.4. The van der Waals surface area contributed by atoms with E-state index in [1.165, 1.54) is 0 Å². The number of hydrogen-bond acceptors (Lipinski definition) is 6. The molecule has 0 bridgehead atoms. The lowest BCUT2D eigenvalue weighted by molar-refractivity contribution is 0.648. The van der Waals surface area contributed by atoms with Crippen LogP contribution in [0.1, 0.15) is 24.1 Å². The smallest absolute Gasteiger partial charge is 0.180 e. The number of aromatic nitrogens is 7. The molecule has 0 aliphatic heterocycles. The number of nitrogens with zero attached hydrogens (tertiary/aromatic N) is 6. The van der Waals surface area contributed by atoms with Crippen LogP contribution in [-0.2, 0) is 18.7 Å². The Bertz CT molecular complexity index is 1150. The highest BCUT2D eigenvalue weighted by molar-refractivity contribution is 7.79. The minimum absolute atomic E-state index is 0.506. The fourth-order valence-electron chi connectivity index (χ4n) is 3.10. The van der Waals surface area contributed by atoms with Crippen molar-refractivity contribution in [3.8, 4) is 34.4 Å². The van der Waals surface area contributed by atoms with Crippen LogP contribution in [0.5, 0.6) is 0 Å². The van der Waals surface area contributed by atoms with Gasteiger partial charge in [0.25, 0.3) is 0 Å². The lowest BCUT2D eigenvalue weighted by Gasteiger charge is -2.09. The maximum Gasteiger partial charge on any atom is 0.180 e. The van der Waals surface area contributed by atoms with Crippen LogP contribution < -0.4 is 0 Å². The number of nitrogens with one attached hydrogen (secondary N) is 1. The van der Waals surface area contributed by atoms with Crippen molar-refractivity contribution in [2.75, 3.05) is 0 Å². The summed E-state index contributed by atoms with van der Waals surface area (Å²) in [5.74, 6) is 8.70. The Morgan fingerprint density at radius 3 is 2.55 bits per heavy atom. The molecule has 0 radical (unpaired) electrons. The number of tetrazole rings is 1. The number of thiol groups is 1. The second kappa shape index (κ2) is 8.71. The molecule has 1 N–H and O–H groups in total. The third kappa shape index (κ3) is 4.20. The number of benzene rings is 2. The summed E-state index contributed by atoms with van der Waals surface area (Å²) in [5, 5.41) is 18.8. The van der Waals surface area contributed by atoms with Crippen molar-refractivity contribution in [1.82, 2.24) is 35.4 Å². The number of H-pyrrole nitrogens is 1. The highest BCUT2D eigenvalue weighted by Crippen LogP contribution is 2.29. The van der Waals surface area contributed by atoms with E-state index >= 15 is 0 Å². The highest BCUT2D eigenvalue weighted by Gasteiger charge is 2.11. The molecule has 29 heavy (non-hydrogen) atoms. The van der Waals surface area contributed by atoms with Crippen LogP contribution in [0.3, 0.4) is 0 Å². The van der Waals surface area contributed by atoms with Crippen LogP contribution in [0.2, 0.25) is 0 Å². The predicted octanol–water partition coefficient (Wildman–Crippen LogP) is 3.17. The molecule has 0 saturated heterocycles. The Morgan fingerprint density at radius 2 is 1.86 bits per heavy atom. The van der Waals surface area contributed by atoms with E-state index in [0.29, 0.717) is 30.4 Å². The molecular formula is C21H19N7S. The summed E-state index contributed by atoms with van der Waals surface area (Å²) in [6.45, 7) is 2.46. The maximum atomic E-state index is 4.54. The molecule has 144 valence electrons. The average Bonchev–Trinajstić information content (AvgIpc) is 3.43. The first-order valence-corrected chi connectivity index (χ1v) is 9.77. The van der Waals surface area contributed by atoms with Gasteiger partial charge in [0.05, 0.1) is 18.7 Å². The molecule has 0 amide bonds. The Kier molecular flexibility index (Phi) is 5.68. The molecular weight excluding hydrogens is 382 g/mol. The van der Waals surface area contributed by atoms with Gasteiger partial charge in [0, 0.05) is 5.56 Å². The molecule has 0 saturated carbocycles. The predicted molar refractivity (Wildman–Crippen MR) is 114 cm³/mol. The monoisotopic (exact) mass is 401 g/mol. The Balaban J connectivity index is 1.60. The van der Waals surface area contributed by atoms with Gasteiger partial charge in [0.2, 0.25) is 0 Å². The average molecular weight is 401 g/mol. The zero-order valence-electron chi connectivity index (χ0n) is 15.9. The molecule has 0 fully saturated rings. The van der Waals surface area contributed by atoms with Gasteiger partial charge in [-0.3, -0.25) is 0 Å². The summed E-state index contributed by atoms with van der Waals surface area (Å²) in [7, 11) is 0. The van der Waals surface area contributed by atoms with Gasteiger partial charge >= 0.3 is 0 Å². The molecule has 2 aromatic carbocycles. The van der Waals surface area contributed by atoms with E-state index in [9.17, 15) is 0 Å². The van der Waals surface area contributed by atoms with Gasteiger partial charge in [-0.1, -0.05) is 54.5 Å². The maximum absolute atomic E-state index is 4.54. The van der Waals surface area contributed by atoms with Gasteiger partial charge in [0.1, 0.15) is 5.82 Å². The van der Waals surface area contributed by atoms with Crippen LogP contribution in [-0.4, -0.2) is 35.4 Å². The SMILES string of the molecule is CC#CCc1nc(CS)nn1Cc1ccc(-c2ccccc2-c2nnn[nH]2)cc1. The van der Waals surface area contributed by atoms with Gasteiger partial charge in [-0.25, -0.2) is 14.8 Å². The van der Waals surface area contributed by atoms with Crippen LogP contribution in [0.25, 0.3) is 22.5 Å². The first-order chi connectivity index (χ1) is 14.3. The van der Waals surface area contributed by atoms with Crippen molar-refractivity contribution in [2.24, 2.45) is 0 Å². The fourth-order valence-corrected chi connectivity index (χ4v) is 3.23. The number of aromatic amines is 1. The summed E-state index contributed by atoms with van der Waals surface area (Å²) >= 11 is 4.29. The normalized spacial score (nSPS) is 10.6. The first kappa shape index (κ1) is 18.9. The van der Waals surface area contributed by atoms with Gasteiger partial charge in [-0.15, -0.1) is 11.0 Å². The lowest BCUT2D eigenvalue weighted by atomic mass is 9.98. The molecule has 4 rings (SSSR count). The molecule has 2 aromatic heterocycles. The standard InChI is InChI=1S/C21H19N7S/c1-2-3-8-20-22-19(14-29)25-28(20)13-15-9-11-16(12-10-15)17-6-4-5-7-18(17)21-23-26-27-24-21/h4-7,9-12,29H,8,13-14H2,1H3,(H,23,24,26,27). The van der Waals surface area contributed by atoms with Crippen LogP contribution in [0.4, 0.5) is 0 Å². The van der Waals surface area contributed by atoms with Crippen LogP contribution in [0, 0.1) is 11.8 Å². The minimum atomic E-state index is 0.506. The molecule has 4 aromatic rings. The van der Waals surface area contributed by atoms with Crippen molar-refractivity contribution in [2.45, 2.75) is 25.6 Å². The second-order valence-electron chi connectivity index (χ2n) is 6.36. The number of rotatable bonds is 6. The van der Waals surface area contributed by atoms with Crippen molar-refractivity contribution >= 4 is 12.6 Å². The molecule has 0 atom stereocenters. The molecule has 0 aliphatic rings. The van der Waals surface area contributed by atoms with Crippen LogP contribution in [0.15, 0.2) is 48.5 Å². The third-order valence-corrected chi connectivity index (χ3v) is 4.76. The molecule has 0 unspecified atom stereocenters.